The van der Waals surface area contributed by atoms with E-state index in [1.165, 1.54) is 6.07 Å². The lowest BCUT2D eigenvalue weighted by atomic mass is 9.75. The maximum atomic E-state index is 15.1. The Balaban J connectivity index is 1.22. The largest absolute Gasteiger partial charge is 0.489 e. The highest BCUT2D eigenvalue weighted by Crippen LogP contribution is 2.40. The van der Waals surface area contributed by atoms with Crippen LogP contribution in [0, 0.1) is 23.4 Å². The van der Waals surface area contributed by atoms with Crippen LogP contribution in [-0.2, 0) is 11.3 Å². The van der Waals surface area contributed by atoms with Gasteiger partial charge < -0.3 is 14.6 Å². The summed E-state index contributed by atoms with van der Waals surface area (Å²) in [5.41, 5.74) is 2.42. The first kappa shape index (κ1) is 25.8. The molecule has 1 saturated carbocycles. The predicted octanol–water partition coefficient (Wildman–Crippen LogP) is 7.86. The summed E-state index contributed by atoms with van der Waals surface area (Å²) < 4.78 is 55.5. The summed E-state index contributed by atoms with van der Waals surface area (Å²) in [5.74, 6) is -1.25. The number of rotatable bonds is 9. The van der Waals surface area contributed by atoms with Crippen LogP contribution in [0.1, 0.15) is 74.2 Å². The molecule has 0 bridgehead atoms. The van der Waals surface area contributed by atoms with E-state index in [1.54, 1.807) is 42.5 Å². The topological polar surface area (TPSA) is 42.0 Å². The first-order valence-electron chi connectivity index (χ1n) is 13.2. The van der Waals surface area contributed by atoms with Crippen LogP contribution < -0.4 is 4.74 Å². The van der Waals surface area contributed by atoms with Crippen molar-refractivity contribution in [2.45, 2.75) is 70.2 Å². The highest BCUT2D eigenvalue weighted by Gasteiger charge is 2.29. The van der Waals surface area contributed by atoms with E-state index in [0.29, 0.717) is 29.0 Å². The first-order chi connectivity index (χ1) is 17.9. The van der Waals surface area contributed by atoms with E-state index in [0.717, 1.165) is 44.1 Å². The Kier molecular flexibility index (Phi) is 7.87. The van der Waals surface area contributed by atoms with E-state index >= 15 is 8.78 Å². The highest BCUT2D eigenvalue weighted by atomic mass is 19.2. The fraction of sp³-hybridized carbons (Fsp3) is 0.419. The maximum Gasteiger partial charge on any atom is 0.166 e. The van der Waals surface area contributed by atoms with Gasteiger partial charge in [0.2, 0.25) is 0 Å². The maximum absolute atomic E-state index is 15.1. The van der Waals surface area contributed by atoms with Gasteiger partial charge in [0.05, 0.1) is 12.7 Å². The number of aliphatic hydroxyl groups excluding tert-OH is 1. The van der Waals surface area contributed by atoms with E-state index < -0.39 is 11.6 Å². The van der Waals surface area contributed by atoms with Crippen molar-refractivity contribution in [3.05, 3.63) is 88.7 Å². The lowest BCUT2D eigenvalue weighted by molar-refractivity contribution is 0.0727. The summed E-state index contributed by atoms with van der Waals surface area (Å²) in [5, 5.41) is 10.3. The van der Waals surface area contributed by atoms with Crippen molar-refractivity contribution >= 4 is 0 Å². The molecule has 0 radical (unpaired) electrons. The van der Waals surface area contributed by atoms with Gasteiger partial charge in [-0.3, -0.25) is 0 Å². The molecular formula is C31H33F3O3. The fourth-order valence-electron chi connectivity index (χ4n) is 5.46. The van der Waals surface area contributed by atoms with Gasteiger partial charge in [0.25, 0.3) is 0 Å². The van der Waals surface area contributed by atoms with Crippen LogP contribution in [-0.4, -0.2) is 17.8 Å². The van der Waals surface area contributed by atoms with Crippen molar-refractivity contribution in [2.24, 2.45) is 5.92 Å². The number of hydrogen-bond donors (Lipinski definition) is 1. The van der Waals surface area contributed by atoms with Gasteiger partial charge in [0.1, 0.15) is 24.3 Å². The molecule has 1 N–H and O–H groups in total. The van der Waals surface area contributed by atoms with Gasteiger partial charge in [-0.1, -0.05) is 49.7 Å². The van der Waals surface area contributed by atoms with Crippen LogP contribution in [0.3, 0.4) is 0 Å². The standard InChI is InChI=1S/C31H33F3O3/c1-2-3-28(35)21-6-4-19(5-7-21)25-14-15-26(31(34)30(25)33)20-10-12-24(13-11-20)36-17-23-9-8-22(16-27(23)32)29-18-37-29/h8-16,19,21,28-29,35H,2-7,17-18H2,1H3. The summed E-state index contributed by atoms with van der Waals surface area (Å²) in [7, 11) is 0. The van der Waals surface area contributed by atoms with E-state index in [-0.39, 0.29) is 42.0 Å². The second-order valence-corrected chi connectivity index (χ2v) is 10.3. The Morgan fingerprint density at radius 3 is 2.32 bits per heavy atom. The zero-order valence-electron chi connectivity index (χ0n) is 21.1. The molecule has 2 atom stereocenters. The van der Waals surface area contributed by atoms with Gasteiger partial charge in [0, 0.05) is 11.1 Å². The van der Waals surface area contributed by atoms with Crippen LogP contribution in [0.5, 0.6) is 5.75 Å². The van der Waals surface area contributed by atoms with Gasteiger partial charge >= 0.3 is 0 Å². The molecule has 1 aliphatic carbocycles. The molecule has 1 heterocycles. The number of ether oxygens (including phenoxy) is 2. The SMILES string of the molecule is CCCC(O)C1CCC(c2ccc(-c3ccc(OCc4ccc(C5CO5)cc4F)cc3)c(F)c2F)CC1. The van der Waals surface area contributed by atoms with Gasteiger partial charge in [-0.05, 0) is 78.8 Å². The smallest absolute Gasteiger partial charge is 0.166 e. The lowest BCUT2D eigenvalue weighted by Gasteiger charge is -2.32. The zero-order valence-corrected chi connectivity index (χ0v) is 21.1. The number of epoxide rings is 1. The molecule has 1 aliphatic heterocycles. The third-order valence-electron chi connectivity index (χ3n) is 7.79. The van der Waals surface area contributed by atoms with Gasteiger partial charge in [-0.15, -0.1) is 0 Å². The Labute approximate surface area is 216 Å². The summed E-state index contributed by atoms with van der Waals surface area (Å²) in [4.78, 5) is 0. The van der Waals surface area contributed by atoms with Crippen LogP contribution in [0.15, 0.2) is 54.6 Å². The average Bonchev–Trinajstić information content (AvgIpc) is 3.76. The Morgan fingerprint density at radius 2 is 1.68 bits per heavy atom. The summed E-state index contributed by atoms with van der Waals surface area (Å²) >= 11 is 0. The molecule has 1 saturated heterocycles. The number of aliphatic hydroxyl groups is 1. The van der Waals surface area contributed by atoms with Crippen LogP contribution in [0.4, 0.5) is 13.2 Å². The molecule has 0 spiro atoms. The molecule has 2 aliphatic rings. The fourth-order valence-corrected chi connectivity index (χ4v) is 5.46. The van der Waals surface area contributed by atoms with Crippen molar-refractivity contribution < 1.29 is 27.8 Å². The minimum atomic E-state index is -0.846. The summed E-state index contributed by atoms with van der Waals surface area (Å²) in [6.45, 7) is 2.74. The highest BCUT2D eigenvalue weighted by molar-refractivity contribution is 5.65. The predicted molar refractivity (Wildman–Crippen MR) is 137 cm³/mol. The second-order valence-electron chi connectivity index (χ2n) is 10.3. The number of benzene rings is 3. The van der Waals surface area contributed by atoms with E-state index in [1.807, 2.05) is 6.07 Å². The second kappa shape index (κ2) is 11.3. The molecule has 0 aromatic heterocycles. The molecule has 6 heteroatoms. The van der Waals surface area contributed by atoms with Crippen molar-refractivity contribution in [1.29, 1.82) is 0 Å². The van der Waals surface area contributed by atoms with E-state index in [4.69, 9.17) is 9.47 Å². The molecule has 3 aromatic rings. The molecule has 0 amide bonds. The van der Waals surface area contributed by atoms with Crippen molar-refractivity contribution in [2.75, 3.05) is 6.61 Å². The monoisotopic (exact) mass is 510 g/mol. The first-order valence-corrected chi connectivity index (χ1v) is 13.2. The van der Waals surface area contributed by atoms with Gasteiger partial charge in [0.15, 0.2) is 11.6 Å². The van der Waals surface area contributed by atoms with Gasteiger partial charge in [-0.2, -0.15) is 0 Å². The third-order valence-corrected chi connectivity index (χ3v) is 7.79. The average molecular weight is 511 g/mol. The molecular weight excluding hydrogens is 477 g/mol. The van der Waals surface area contributed by atoms with Gasteiger partial charge in [-0.25, -0.2) is 13.2 Å². The molecule has 2 unspecified atom stereocenters. The lowest BCUT2D eigenvalue weighted by Crippen LogP contribution is -2.25. The minimum absolute atomic E-state index is 0.00379. The third kappa shape index (κ3) is 5.86. The van der Waals surface area contributed by atoms with Crippen LogP contribution in [0.2, 0.25) is 0 Å². The van der Waals surface area contributed by atoms with Crippen LogP contribution >= 0.6 is 0 Å². The Bertz CT molecular complexity index is 1220. The Morgan fingerprint density at radius 1 is 0.946 bits per heavy atom. The minimum Gasteiger partial charge on any atom is -0.489 e. The molecule has 3 nitrogen and oxygen atoms in total. The number of hydrogen-bond acceptors (Lipinski definition) is 3. The molecule has 2 fully saturated rings. The quantitative estimate of drug-likeness (QED) is 0.298. The van der Waals surface area contributed by atoms with E-state index in [2.05, 4.69) is 6.92 Å². The molecule has 3 aromatic carbocycles. The molecule has 5 rings (SSSR count). The van der Waals surface area contributed by atoms with Crippen LogP contribution in [0.25, 0.3) is 11.1 Å². The van der Waals surface area contributed by atoms with E-state index in [9.17, 15) is 9.50 Å². The molecule has 196 valence electrons. The van der Waals surface area contributed by atoms with Crippen molar-refractivity contribution in [1.82, 2.24) is 0 Å². The normalized spacial score (nSPS) is 22.0. The summed E-state index contributed by atoms with van der Waals surface area (Å²) in [6.07, 6.45) is 4.60. The molecule has 37 heavy (non-hydrogen) atoms. The number of halogens is 3. The zero-order chi connectivity index (χ0) is 25.9. The Hall–Kier alpha value is -2.83. The summed E-state index contributed by atoms with van der Waals surface area (Å²) in [6, 6.07) is 15.1. The van der Waals surface area contributed by atoms with Crippen molar-refractivity contribution in [3.8, 4) is 16.9 Å². The van der Waals surface area contributed by atoms with Crippen molar-refractivity contribution in [3.63, 3.8) is 0 Å².